The molecule has 0 aromatic carbocycles. The molecule has 1 fully saturated rings. The molecule has 1 N–H and O–H groups in total. The second-order valence-corrected chi connectivity index (χ2v) is 6.64. The van der Waals surface area contributed by atoms with Crippen LogP contribution in [0.1, 0.15) is 24.1 Å². The highest BCUT2D eigenvalue weighted by molar-refractivity contribution is 6.43. The third-order valence-corrected chi connectivity index (χ3v) is 4.34. The largest absolute Gasteiger partial charge is 0.481 e. The zero-order valence-electron chi connectivity index (χ0n) is 13.6. The summed E-state index contributed by atoms with van der Waals surface area (Å²) < 4.78 is 5.21. The first-order valence-electron chi connectivity index (χ1n) is 7.78. The van der Waals surface area contributed by atoms with Gasteiger partial charge in [0, 0.05) is 12.1 Å². The Morgan fingerprint density at radius 3 is 2.83 bits per heavy atom. The maximum absolute atomic E-state index is 12.6. The van der Waals surface area contributed by atoms with Crippen LogP contribution in [0, 0.1) is 19.8 Å². The van der Waals surface area contributed by atoms with Crippen LogP contribution < -0.4 is 10.1 Å². The molecule has 0 bridgehead atoms. The number of nitrogens with one attached hydrogen (secondary N) is 1. The minimum atomic E-state index is -0.415. The summed E-state index contributed by atoms with van der Waals surface area (Å²) in [5.41, 5.74) is 1.96. The van der Waals surface area contributed by atoms with Gasteiger partial charge in [0.25, 0.3) is 5.91 Å². The van der Waals surface area contributed by atoms with Gasteiger partial charge in [-0.2, -0.15) is 0 Å². The summed E-state index contributed by atoms with van der Waals surface area (Å²) >= 11 is 6.20. The molecule has 1 amide bonds. The molecular formula is C16H21ClN4O2. The summed E-state index contributed by atoms with van der Waals surface area (Å²) in [5, 5.41) is 3.10. The Kier molecular flexibility index (Phi) is 4.43. The lowest BCUT2D eigenvalue weighted by molar-refractivity contribution is -0.124. The van der Waals surface area contributed by atoms with Gasteiger partial charge in [0.1, 0.15) is 5.50 Å². The van der Waals surface area contributed by atoms with Gasteiger partial charge in [-0.05, 0) is 38.7 Å². The highest BCUT2D eigenvalue weighted by Gasteiger charge is 2.33. The SMILES string of the molecule is COc1nc(C)c(NC2=NC(Cl)CN(CC3CC3)C2=O)cc1C. The highest BCUT2D eigenvalue weighted by atomic mass is 35.5. The summed E-state index contributed by atoms with van der Waals surface area (Å²) in [5.74, 6) is 1.39. The number of hydrogen-bond acceptors (Lipinski definition) is 5. The molecule has 3 rings (SSSR count). The number of aromatic nitrogens is 1. The van der Waals surface area contributed by atoms with Gasteiger partial charge in [-0.15, -0.1) is 0 Å². The average molecular weight is 337 g/mol. The minimum absolute atomic E-state index is 0.0957. The average Bonchev–Trinajstić information content (AvgIpc) is 3.31. The first-order valence-corrected chi connectivity index (χ1v) is 8.22. The third-order valence-electron chi connectivity index (χ3n) is 4.11. The molecule has 0 saturated heterocycles. The quantitative estimate of drug-likeness (QED) is 0.677. The second-order valence-electron chi connectivity index (χ2n) is 6.14. The van der Waals surface area contributed by atoms with E-state index in [2.05, 4.69) is 15.3 Å². The number of aryl methyl sites for hydroxylation is 2. The Hall–Kier alpha value is -1.82. The zero-order chi connectivity index (χ0) is 16.6. The monoisotopic (exact) mass is 336 g/mol. The molecule has 6 nitrogen and oxygen atoms in total. The Morgan fingerprint density at radius 1 is 1.43 bits per heavy atom. The van der Waals surface area contributed by atoms with Gasteiger partial charge in [-0.25, -0.2) is 9.98 Å². The molecule has 1 aromatic heterocycles. The molecule has 7 heteroatoms. The maximum atomic E-state index is 12.6. The van der Waals surface area contributed by atoms with Crippen molar-refractivity contribution in [3.63, 3.8) is 0 Å². The lowest BCUT2D eigenvalue weighted by Crippen LogP contribution is -2.47. The molecule has 2 heterocycles. The van der Waals surface area contributed by atoms with E-state index in [1.807, 2.05) is 19.9 Å². The van der Waals surface area contributed by atoms with Gasteiger partial charge < -0.3 is 15.0 Å². The summed E-state index contributed by atoms with van der Waals surface area (Å²) in [7, 11) is 1.59. The number of anilines is 1. The standard InChI is InChI=1S/C16H21ClN4O2/c1-9-6-12(10(2)18-15(9)23-3)19-14-16(22)21(7-11-4-5-11)8-13(17)20-14/h6,11,13H,4-5,7-8H2,1-3H3,(H,19,20). The molecule has 1 aromatic rings. The fourth-order valence-electron chi connectivity index (χ4n) is 2.65. The van der Waals surface area contributed by atoms with E-state index < -0.39 is 5.50 Å². The van der Waals surface area contributed by atoms with Crippen molar-refractivity contribution in [3.8, 4) is 5.88 Å². The Labute approximate surface area is 140 Å². The van der Waals surface area contributed by atoms with E-state index >= 15 is 0 Å². The molecule has 23 heavy (non-hydrogen) atoms. The predicted molar refractivity (Wildman–Crippen MR) is 90.3 cm³/mol. The highest BCUT2D eigenvalue weighted by Crippen LogP contribution is 2.31. The number of rotatable bonds is 4. The van der Waals surface area contributed by atoms with Crippen molar-refractivity contribution in [1.82, 2.24) is 9.88 Å². The van der Waals surface area contributed by atoms with Crippen LogP contribution >= 0.6 is 11.6 Å². The van der Waals surface area contributed by atoms with Crippen molar-refractivity contribution in [2.45, 2.75) is 32.2 Å². The fraction of sp³-hybridized carbons (Fsp3) is 0.562. The van der Waals surface area contributed by atoms with E-state index in [-0.39, 0.29) is 11.7 Å². The number of methoxy groups -OCH3 is 1. The lowest BCUT2D eigenvalue weighted by atomic mass is 10.2. The van der Waals surface area contributed by atoms with Crippen LogP contribution in [0.15, 0.2) is 11.1 Å². The van der Waals surface area contributed by atoms with Gasteiger partial charge in [0.15, 0.2) is 5.84 Å². The minimum Gasteiger partial charge on any atom is -0.481 e. The normalized spacial score (nSPS) is 21.2. The Balaban J connectivity index is 1.80. The number of amidine groups is 1. The predicted octanol–water partition coefficient (Wildman–Crippen LogP) is 2.33. The van der Waals surface area contributed by atoms with Crippen LogP contribution in [0.4, 0.5) is 5.69 Å². The van der Waals surface area contributed by atoms with Crippen LogP contribution in [-0.2, 0) is 4.79 Å². The first-order chi connectivity index (χ1) is 11.0. The molecule has 1 aliphatic carbocycles. The number of halogens is 1. The van der Waals surface area contributed by atoms with E-state index in [0.29, 0.717) is 18.3 Å². The molecule has 1 aliphatic heterocycles. The maximum Gasteiger partial charge on any atom is 0.289 e. The van der Waals surface area contributed by atoms with E-state index in [1.54, 1.807) is 12.0 Å². The Bertz CT molecular complexity index is 658. The number of amides is 1. The van der Waals surface area contributed by atoms with Gasteiger partial charge in [-0.3, -0.25) is 4.79 Å². The summed E-state index contributed by atoms with van der Waals surface area (Å²) in [4.78, 5) is 23.0. The fourth-order valence-corrected chi connectivity index (χ4v) is 2.91. The number of carbonyl (C=O) groups is 1. The molecule has 2 aliphatic rings. The summed E-state index contributed by atoms with van der Waals surface area (Å²) in [6, 6.07) is 1.90. The number of alkyl halides is 1. The van der Waals surface area contributed by atoms with Crippen molar-refractivity contribution in [3.05, 3.63) is 17.3 Å². The van der Waals surface area contributed by atoms with Gasteiger partial charge >= 0.3 is 0 Å². The Morgan fingerprint density at radius 2 is 2.17 bits per heavy atom. The van der Waals surface area contributed by atoms with Crippen LogP contribution in [-0.4, -0.2) is 47.3 Å². The van der Waals surface area contributed by atoms with E-state index in [0.717, 1.165) is 23.5 Å². The van der Waals surface area contributed by atoms with Crippen molar-refractivity contribution in [2.24, 2.45) is 10.9 Å². The van der Waals surface area contributed by atoms with Gasteiger partial charge in [-0.1, -0.05) is 11.6 Å². The number of pyridine rings is 1. The molecule has 124 valence electrons. The summed E-state index contributed by atoms with van der Waals surface area (Å²) in [6.07, 6.45) is 2.38. The molecule has 1 atom stereocenters. The van der Waals surface area contributed by atoms with E-state index in [4.69, 9.17) is 16.3 Å². The second kappa shape index (κ2) is 6.35. The molecule has 1 unspecified atom stereocenters. The van der Waals surface area contributed by atoms with Gasteiger partial charge in [0.2, 0.25) is 5.88 Å². The molecule has 1 saturated carbocycles. The van der Waals surface area contributed by atoms with Crippen LogP contribution in [0.5, 0.6) is 5.88 Å². The van der Waals surface area contributed by atoms with Crippen LogP contribution in [0.25, 0.3) is 0 Å². The number of ether oxygens (including phenoxy) is 1. The van der Waals surface area contributed by atoms with Crippen molar-refractivity contribution >= 4 is 29.0 Å². The third kappa shape index (κ3) is 3.58. The number of hydrogen-bond donors (Lipinski definition) is 1. The molecule has 0 radical (unpaired) electrons. The van der Waals surface area contributed by atoms with Crippen molar-refractivity contribution in [1.29, 1.82) is 0 Å². The van der Waals surface area contributed by atoms with Crippen LogP contribution in [0.3, 0.4) is 0 Å². The summed E-state index contributed by atoms with van der Waals surface area (Å²) in [6.45, 7) is 5.01. The molecular weight excluding hydrogens is 316 g/mol. The smallest absolute Gasteiger partial charge is 0.289 e. The zero-order valence-corrected chi connectivity index (χ0v) is 14.4. The van der Waals surface area contributed by atoms with Crippen LogP contribution in [0.2, 0.25) is 0 Å². The number of nitrogens with zero attached hydrogens (tertiary/aromatic N) is 3. The van der Waals surface area contributed by atoms with E-state index in [1.165, 1.54) is 12.8 Å². The van der Waals surface area contributed by atoms with Crippen molar-refractivity contribution < 1.29 is 9.53 Å². The van der Waals surface area contributed by atoms with E-state index in [9.17, 15) is 4.79 Å². The van der Waals surface area contributed by atoms with Gasteiger partial charge in [0.05, 0.1) is 25.0 Å². The number of carbonyl (C=O) groups excluding carboxylic acids is 1. The lowest BCUT2D eigenvalue weighted by Gasteiger charge is -2.29. The topological polar surface area (TPSA) is 66.8 Å². The van der Waals surface area contributed by atoms with Crippen molar-refractivity contribution in [2.75, 3.05) is 25.5 Å². The molecule has 0 spiro atoms. The number of aliphatic imine (C=N–C) groups is 1. The first kappa shape index (κ1) is 16.1.